The van der Waals surface area contributed by atoms with E-state index in [0.29, 0.717) is 18.4 Å². The van der Waals surface area contributed by atoms with E-state index >= 15 is 0 Å². The van der Waals surface area contributed by atoms with E-state index in [9.17, 15) is 9.59 Å². The summed E-state index contributed by atoms with van der Waals surface area (Å²) in [7, 11) is 0. The van der Waals surface area contributed by atoms with Gasteiger partial charge in [0, 0.05) is 21.8 Å². The number of primary amides is 1. The van der Waals surface area contributed by atoms with E-state index in [4.69, 9.17) is 10.8 Å². The summed E-state index contributed by atoms with van der Waals surface area (Å²) in [6, 6.07) is 5.44. The van der Waals surface area contributed by atoms with Crippen molar-refractivity contribution < 1.29 is 14.7 Å². The summed E-state index contributed by atoms with van der Waals surface area (Å²) in [6.45, 7) is 0. The monoisotopic (exact) mass is 340 g/mol. The van der Waals surface area contributed by atoms with E-state index in [-0.39, 0.29) is 12.0 Å². The molecule has 1 saturated carbocycles. The number of rotatable bonds is 4. The molecule has 108 valence electrons. The lowest BCUT2D eigenvalue weighted by molar-refractivity contribution is -0.142. The first-order valence-corrected chi connectivity index (χ1v) is 7.35. The zero-order valence-electron chi connectivity index (χ0n) is 10.9. The van der Waals surface area contributed by atoms with Gasteiger partial charge in [0.05, 0.1) is 5.92 Å². The second kappa shape index (κ2) is 6.26. The first-order chi connectivity index (χ1) is 9.47. The van der Waals surface area contributed by atoms with E-state index < -0.39 is 11.9 Å². The van der Waals surface area contributed by atoms with Gasteiger partial charge < -0.3 is 16.2 Å². The van der Waals surface area contributed by atoms with Gasteiger partial charge in [-0.05, 0) is 59.8 Å². The van der Waals surface area contributed by atoms with Crippen molar-refractivity contribution in [2.75, 3.05) is 5.32 Å². The highest BCUT2D eigenvalue weighted by Crippen LogP contribution is 2.30. The van der Waals surface area contributed by atoms with Crippen LogP contribution in [0.15, 0.2) is 22.7 Å². The topological polar surface area (TPSA) is 92.4 Å². The van der Waals surface area contributed by atoms with E-state index in [0.717, 1.165) is 23.0 Å². The number of anilines is 1. The molecule has 6 heteroatoms. The van der Waals surface area contributed by atoms with Crippen molar-refractivity contribution in [2.45, 2.75) is 31.7 Å². The lowest BCUT2D eigenvalue weighted by atomic mass is 9.86. The maximum atomic E-state index is 11.1. The van der Waals surface area contributed by atoms with Gasteiger partial charge in [0.2, 0.25) is 5.91 Å². The molecule has 2 rings (SSSR count). The highest BCUT2D eigenvalue weighted by atomic mass is 79.9. The van der Waals surface area contributed by atoms with Crippen molar-refractivity contribution in [3.05, 3.63) is 28.2 Å². The second-order valence-electron chi connectivity index (χ2n) is 5.09. The molecule has 1 aromatic rings. The Morgan fingerprint density at radius 3 is 2.40 bits per heavy atom. The summed E-state index contributed by atoms with van der Waals surface area (Å²) < 4.78 is 0.786. The van der Waals surface area contributed by atoms with Crippen LogP contribution in [0, 0.1) is 5.92 Å². The quantitative estimate of drug-likeness (QED) is 0.785. The summed E-state index contributed by atoms with van der Waals surface area (Å²) in [5, 5.41) is 12.4. The van der Waals surface area contributed by atoms with Crippen LogP contribution in [0.2, 0.25) is 0 Å². The molecule has 1 fully saturated rings. The molecule has 0 spiro atoms. The number of nitrogens with one attached hydrogen (secondary N) is 1. The van der Waals surface area contributed by atoms with Gasteiger partial charge in [-0.3, -0.25) is 9.59 Å². The Balaban J connectivity index is 1.98. The van der Waals surface area contributed by atoms with Crippen LogP contribution in [0.3, 0.4) is 0 Å². The van der Waals surface area contributed by atoms with Crippen molar-refractivity contribution in [3.63, 3.8) is 0 Å². The number of benzene rings is 1. The zero-order valence-corrected chi connectivity index (χ0v) is 12.5. The molecule has 5 nitrogen and oxygen atoms in total. The molecule has 1 amide bonds. The molecular formula is C14H17BrN2O3. The maximum absolute atomic E-state index is 11.1. The van der Waals surface area contributed by atoms with Crippen molar-refractivity contribution in [3.8, 4) is 0 Å². The SMILES string of the molecule is NC(=O)c1ccc(NC2CCC(C(=O)O)CC2)c(Br)c1. The van der Waals surface area contributed by atoms with Gasteiger partial charge in [0.1, 0.15) is 0 Å². The van der Waals surface area contributed by atoms with E-state index in [1.807, 2.05) is 6.07 Å². The van der Waals surface area contributed by atoms with Gasteiger partial charge in [-0.15, -0.1) is 0 Å². The van der Waals surface area contributed by atoms with Crippen molar-refractivity contribution in [2.24, 2.45) is 11.7 Å². The molecule has 0 bridgehead atoms. The number of nitrogens with two attached hydrogens (primary N) is 1. The molecule has 1 aliphatic carbocycles. The Hall–Kier alpha value is -1.56. The summed E-state index contributed by atoms with van der Waals surface area (Å²) >= 11 is 3.41. The minimum absolute atomic E-state index is 0.214. The summed E-state index contributed by atoms with van der Waals surface area (Å²) in [4.78, 5) is 22.0. The summed E-state index contributed by atoms with van der Waals surface area (Å²) in [5.41, 5.74) is 6.58. The Morgan fingerprint density at radius 1 is 1.25 bits per heavy atom. The maximum Gasteiger partial charge on any atom is 0.306 e. The third kappa shape index (κ3) is 3.50. The molecule has 0 unspecified atom stereocenters. The minimum Gasteiger partial charge on any atom is -0.481 e. The van der Waals surface area contributed by atoms with Crippen LogP contribution in [0.5, 0.6) is 0 Å². The smallest absolute Gasteiger partial charge is 0.306 e. The average Bonchev–Trinajstić information content (AvgIpc) is 2.41. The van der Waals surface area contributed by atoms with E-state index in [1.54, 1.807) is 12.1 Å². The fraction of sp³-hybridized carbons (Fsp3) is 0.429. The highest BCUT2D eigenvalue weighted by Gasteiger charge is 2.26. The van der Waals surface area contributed by atoms with Gasteiger partial charge in [-0.1, -0.05) is 0 Å². The molecule has 0 aromatic heterocycles. The molecule has 0 radical (unpaired) electrons. The van der Waals surface area contributed by atoms with Gasteiger partial charge >= 0.3 is 5.97 Å². The van der Waals surface area contributed by atoms with Crippen LogP contribution in [0.1, 0.15) is 36.0 Å². The van der Waals surface area contributed by atoms with Crippen LogP contribution < -0.4 is 11.1 Å². The first kappa shape index (κ1) is 14.8. The standard InChI is InChI=1S/C14H17BrN2O3/c15-11-7-9(13(16)18)3-6-12(11)17-10-4-1-8(2-5-10)14(19)20/h3,6-8,10,17H,1-2,4-5H2,(H2,16,18)(H,19,20). The van der Waals surface area contributed by atoms with Gasteiger partial charge in [-0.2, -0.15) is 0 Å². The number of hydrogen-bond donors (Lipinski definition) is 3. The predicted molar refractivity (Wildman–Crippen MR) is 79.7 cm³/mol. The third-order valence-electron chi connectivity index (χ3n) is 3.69. The molecule has 4 N–H and O–H groups in total. The number of carbonyl (C=O) groups excluding carboxylic acids is 1. The molecule has 0 heterocycles. The van der Waals surface area contributed by atoms with Crippen LogP contribution in [-0.2, 0) is 4.79 Å². The van der Waals surface area contributed by atoms with E-state index in [2.05, 4.69) is 21.2 Å². The average molecular weight is 341 g/mol. The normalized spacial score (nSPS) is 22.2. The molecule has 0 atom stereocenters. The predicted octanol–water partition coefficient (Wildman–Crippen LogP) is 2.60. The van der Waals surface area contributed by atoms with Crippen LogP contribution in [-0.4, -0.2) is 23.0 Å². The van der Waals surface area contributed by atoms with Crippen LogP contribution >= 0.6 is 15.9 Å². The largest absolute Gasteiger partial charge is 0.481 e. The second-order valence-corrected chi connectivity index (χ2v) is 5.94. The Morgan fingerprint density at radius 2 is 1.90 bits per heavy atom. The number of halogens is 1. The van der Waals surface area contributed by atoms with Crippen molar-refractivity contribution in [1.29, 1.82) is 0 Å². The van der Waals surface area contributed by atoms with Gasteiger partial charge in [0.15, 0.2) is 0 Å². The Bertz CT molecular complexity index is 525. The number of carboxylic acids is 1. The number of aliphatic carboxylic acids is 1. The van der Waals surface area contributed by atoms with Gasteiger partial charge in [0.25, 0.3) is 0 Å². The van der Waals surface area contributed by atoms with Crippen LogP contribution in [0.25, 0.3) is 0 Å². The summed E-state index contributed by atoms with van der Waals surface area (Å²) in [5.74, 6) is -1.37. The lowest BCUT2D eigenvalue weighted by Gasteiger charge is -2.28. The van der Waals surface area contributed by atoms with Crippen molar-refractivity contribution in [1.82, 2.24) is 0 Å². The fourth-order valence-corrected chi connectivity index (χ4v) is 2.98. The van der Waals surface area contributed by atoms with E-state index in [1.165, 1.54) is 0 Å². The number of hydrogen-bond acceptors (Lipinski definition) is 3. The minimum atomic E-state index is -0.699. The number of carbonyl (C=O) groups is 2. The fourth-order valence-electron chi connectivity index (χ4n) is 2.49. The lowest BCUT2D eigenvalue weighted by Crippen LogP contribution is -2.29. The first-order valence-electron chi connectivity index (χ1n) is 6.56. The number of carboxylic acid groups (broad SMARTS) is 1. The molecule has 0 aliphatic heterocycles. The molecule has 1 aromatic carbocycles. The third-order valence-corrected chi connectivity index (χ3v) is 4.35. The van der Waals surface area contributed by atoms with Gasteiger partial charge in [-0.25, -0.2) is 0 Å². The molecule has 20 heavy (non-hydrogen) atoms. The highest BCUT2D eigenvalue weighted by molar-refractivity contribution is 9.10. The zero-order chi connectivity index (χ0) is 14.7. The molecular weight excluding hydrogens is 324 g/mol. The Kier molecular flexibility index (Phi) is 4.65. The van der Waals surface area contributed by atoms with Crippen molar-refractivity contribution >= 4 is 33.5 Å². The Labute approximate surface area is 125 Å². The summed E-state index contributed by atoms with van der Waals surface area (Å²) in [6.07, 6.45) is 3.07. The number of amides is 1. The molecule has 0 saturated heterocycles. The molecule has 1 aliphatic rings. The van der Waals surface area contributed by atoms with Crippen LogP contribution in [0.4, 0.5) is 5.69 Å².